The van der Waals surface area contributed by atoms with Crippen molar-refractivity contribution in [2.75, 3.05) is 11.9 Å². The summed E-state index contributed by atoms with van der Waals surface area (Å²) in [6.07, 6.45) is -2.49. The fraction of sp³-hybridized carbons (Fsp3) is 0.350. The standard InChI is InChI=1S/C20H23ClF2N4O3/c1-19(2,3)30-18(28)26-11-15(24)16-14(21)9-10-25-17(16)27-12-5-7-13(8-6-12)29-20(4,22)23/h5-10,24H,11H2,1-4H3,(H,25,27)(H,26,28). The minimum Gasteiger partial charge on any atom is -0.444 e. The molecule has 0 saturated heterocycles. The van der Waals surface area contributed by atoms with E-state index in [2.05, 4.69) is 20.4 Å². The second-order valence-corrected chi connectivity index (χ2v) is 7.82. The maximum Gasteiger partial charge on any atom is 0.407 e. The minimum atomic E-state index is -3.28. The van der Waals surface area contributed by atoms with Crippen molar-refractivity contribution in [2.24, 2.45) is 0 Å². The summed E-state index contributed by atoms with van der Waals surface area (Å²) in [5, 5.41) is 14.0. The average molecular weight is 441 g/mol. The van der Waals surface area contributed by atoms with E-state index in [0.717, 1.165) is 0 Å². The number of hydrogen-bond acceptors (Lipinski definition) is 6. The molecule has 1 aromatic heterocycles. The first-order valence-electron chi connectivity index (χ1n) is 8.97. The number of alkyl halides is 2. The zero-order valence-corrected chi connectivity index (χ0v) is 17.7. The number of halogens is 3. The highest BCUT2D eigenvalue weighted by atomic mass is 35.5. The molecule has 10 heteroatoms. The van der Waals surface area contributed by atoms with Crippen LogP contribution in [0.1, 0.15) is 33.3 Å². The molecule has 162 valence electrons. The maximum atomic E-state index is 12.9. The topological polar surface area (TPSA) is 96.3 Å². The van der Waals surface area contributed by atoms with E-state index in [1.54, 1.807) is 20.8 Å². The monoisotopic (exact) mass is 440 g/mol. The molecule has 0 atom stereocenters. The van der Waals surface area contributed by atoms with Crippen LogP contribution in [0.15, 0.2) is 36.5 Å². The van der Waals surface area contributed by atoms with Crippen LogP contribution < -0.4 is 15.4 Å². The molecule has 0 radical (unpaired) electrons. The van der Waals surface area contributed by atoms with E-state index < -0.39 is 17.8 Å². The summed E-state index contributed by atoms with van der Waals surface area (Å²) >= 11 is 6.24. The van der Waals surface area contributed by atoms with Gasteiger partial charge in [-0.05, 0) is 51.1 Å². The van der Waals surface area contributed by atoms with Crippen LogP contribution >= 0.6 is 11.6 Å². The Bertz CT molecular complexity index is 910. The first-order valence-corrected chi connectivity index (χ1v) is 9.35. The summed E-state index contributed by atoms with van der Waals surface area (Å²) in [6, 6.07) is 7.31. The van der Waals surface area contributed by atoms with Crippen LogP contribution in [0.3, 0.4) is 0 Å². The van der Waals surface area contributed by atoms with Crippen LogP contribution in [-0.4, -0.2) is 35.0 Å². The van der Waals surface area contributed by atoms with Crippen molar-refractivity contribution in [2.45, 2.75) is 39.4 Å². The van der Waals surface area contributed by atoms with E-state index in [9.17, 15) is 13.6 Å². The first kappa shape index (κ1) is 23.3. The third-order valence-electron chi connectivity index (χ3n) is 3.42. The second kappa shape index (κ2) is 9.25. The van der Waals surface area contributed by atoms with Gasteiger partial charge in [-0.1, -0.05) is 11.6 Å². The average Bonchev–Trinajstić information content (AvgIpc) is 2.59. The molecule has 7 nitrogen and oxygen atoms in total. The normalized spacial score (nSPS) is 11.6. The van der Waals surface area contributed by atoms with Gasteiger partial charge in [0.05, 0.1) is 22.8 Å². The van der Waals surface area contributed by atoms with Crippen LogP contribution in [0.4, 0.5) is 25.1 Å². The molecule has 1 aromatic carbocycles. The number of benzene rings is 1. The van der Waals surface area contributed by atoms with Crippen LogP contribution in [-0.2, 0) is 4.74 Å². The van der Waals surface area contributed by atoms with E-state index in [4.69, 9.17) is 21.7 Å². The van der Waals surface area contributed by atoms with Gasteiger partial charge in [-0.3, -0.25) is 0 Å². The lowest BCUT2D eigenvalue weighted by atomic mass is 10.1. The SMILES string of the molecule is CC(C)(C)OC(=O)NCC(=N)c1c(Cl)ccnc1Nc1ccc(OC(C)(F)F)cc1. The molecule has 2 aromatic rings. The van der Waals surface area contributed by atoms with Crippen molar-refractivity contribution < 1.29 is 23.0 Å². The Labute approximate surface area is 178 Å². The van der Waals surface area contributed by atoms with Crippen molar-refractivity contribution in [1.82, 2.24) is 10.3 Å². The van der Waals surface area contributed by atoms with Gasteiger partial charge in [0.15, 0.2) is 0 Å². The Hall–Kier alpha value is -2.94. The number of carbonyl (C=O) groups excluding carboxylic acids is 1. The van der Waals surface area contributed by atoms with Gasteiger partial charge in [-0.2, -0.15) is 8.78 Å². The van der Waals surface area contributed by atoms with Crippen molar-refractivity contribution >= 4 is 34.9 Å². The fourth-order valence-corrected chi connectivity index (χ4v) is 2.59. The number of ether oxygens (including phenoxy) is 2. The molecule has 3 N–H and O–H groups in total. The third-order valence-corrected chi connectivity index (χ3v) is 3.74. The number of hydrogen-bond donors (Lipinski definition) is 3. The number of aromatic nitrogens is 1. The van der Waals surface area contributed by atoms with E-state index >= 15 is 0 Å². The molecule has 0 fully saturated rings. The van der Waals surface area contributed by atoms with Gasteiger partial charge < -0.3 is 25.5 Å². The molecular weight excluding hydrogens is 418 g/mol. The highest BCUT2D eigenvalue weighted by Crippen LogP contribution is 2.27. The number of carbonyl (C=O) groups is 1. The van der Waals surface area contributed by atoms with Crippen LogP contribution in [0, 0.1) is 5.41 Å². The van der Waals surface area contributed by atoms with Crippen molar-refractivity contribution in [1.29, 1.82) is 5.41 Å². The molecule has 0 unspecified atom stereocenters. The summed E-state index contributed by atoms with van der Waals surface area (Å²) in [5.41, 5.74) is 0.149. The molecule has 0 aliphatic heterocycles. The maximum absolute atomic E-state index is 12.9. The molecule has 1 amide bonds. The van der Waals surface area contributed by atoms with Crippen molar-refractivity contribution in [3.63, 3.8) is 0 Å². The summed E-state index contributed by atoms with van der Waals surface area (Å²) in [6.45, 7) is 5.72. The fourth-order valence-electron chi connectivity index (χ4n) is 2.33. The highest BCUT2D eigenvalue weighted by molar-refractivity contribution is 6.35. The number of pyridine rings is 1. The van der Waals surface area contributed by atoms with Gasteiger partial charge in [0, 0.05) is 18.8 Å². The van der Waals surface area contributed by atoms with E-state index in [1.165, 1.54) is 36.5 Å². The lowest BCUT2D eigenvalue weighted by Gasteiger charge is -2.20. The predicted molar refractivity (Wildman–Crippen MR) is 111 cm³/mol. The Morgan fingerprint density at radius 3 is 2.37 bits per heavy atom. The van der Waals surface area contributed by atoms with Gasteiger partial charge in [-0.15, -0.1) is 0 Å². The van der Waals surface area contributed by atoms with Crippen LogP contribution in [0.25, 0.3) is 0 Å². The molecular formula is C20H23ClF2N4O3. The summed E-state index contributed by atoms with van der Waals surface area (Å²) in [4.78, 5) is 16.0. The van der Waals surface area contributed by atoms with E-state index in [0.29, 0.717) is 12.6 Å². The van der Waals surface area contributed by atoms with E-state index in [1.807, 2.05) is 0 Å². The Kier molecular flexibility index (Phi) is 7.20. The van der Waals surface area contributed by atoms with Gasteiger partial charge >= 0.3 is 12.2 Å². The number of alkyl carbamates (subject to hydrolysis) is 1. The molecule has 1 heterocycles. The number of nitrogens with zero attached hydrogens (tertiary/aromatic N) is 1. The zero-order chi connectivity index (χ0) is 22.5. The minimum absolute atomic E-state index is 0.00151. The zero-order valence-electron chi connectivity index (χ0n) is 17.0. The number of nitrogens with one attached hydrogen (secondary N) is 3. The first-order chi connectivity index (χ1) is 13.8. The summed E-state index contributed by atoms with van der Waals surface area (Å²) in [7, 11) is 0. The Morgan fingerprint density at radius 1 is 1.17 bits per heavy atom. The Balaban J connectivity index is 2.12. The number of rotatable bonds is 7. The number of anilines is 2. The Morgan fingerprint density at radius 2 is 1.80 bits per heavy atom. The number of amides is 1. The van der Waals surface area contributed by atoms with Crippen molar-refractivity contribution in [3.8, 4) is 5.75 Å². The predicted octanol–water partition coefficient (Wildman–Crippen LogP) is 5.36. The lowest BCUT2D eigenvalue weighted by molar-refractivity contribution is -0.158. The molecule has 0 bridgehead atoms. The smallest absolute Gasteiger partial charge is 0.407 e. The molecule has 2 rings (SSSR count). The van der Waals surface area contributed by atoms with Crippen LogP contribution in [0.5, 0.6) is 5.75 Å². The molecule has 30 heavy (non-hydrogen) atoms. The third kappa shape index (κ3) is 7.47. The molecule has 0 spiro atoms. The molecule has 0 aliphatic rings. The van der Waals surface area contributed by atoms with Gasteiger partial charge in [0.25, 0.3) is 0 Å². The van der Waals surface area contributed by atoms with Crippen molar-refractivity contribution in [3.05, 3.63) is 47.1 Å². The second-order valence-electron chi connectivity index (χ2n) is 7.41. The highest BCUT2D eigenvalue weighted by Gasteiger charge is 2.23. The quantitative estimate of drug-likeness (QED) is 0.503. The summed E-state index contributed by atoms with van der Waals surface area (Å²) in [5.74, 6) is 0.273. The van der Waals surface area contributed by atoms with E-state index in [-0.39, 0.29) is 34.4 Å². The molecule has 0 saturated carbocycles. The molecule has 0 aliphatic carbocycles. The van der Waals surface area contributed by atoms with Gasteiger partial charge in [-0.25, -0.2) is 9.78 Å². The van der Waals surface area contributed by atoms with Gasteiger partial charge in [0.2, 0.25) is 0 Å². The summed E-state index contributed by atoms with van der Waals surface area (Å²) < 4.78 is 35.5. The largest absolute Gasteiger partial charge is 0.444 e. The lowest BCUT2D eigenvalue weighted by Crippen LogP contribution is -2.35. The van der Waals surface area contributed by atoms with Gasteiger partial charge in [0.1, 0.15) is 17.2 Å². The van der Waals surface area contributed by atoms with Crippen LogP contribution in [0.2, 0.25) is 5.02 Å².